The minimum Gasteiger partial charge on any atom is -0.379 e. The Morgan fingerprint density at radius 3 is 2.83 bits per heavy atom. The average molecular weight is 330 g/mol. The SMILES string of the molecule is c1csc(CN2CCc3c(CN4CCOCC4)cncc3C2)n1. The normalized spacial score (nSPS) is 19.7. The van der Waals surface area contributed by atoms with Gasteiger partial charge in [0.15, 0.2) is 0 Å². The van der Waals surface area contributed by atoms with E-state index >= 15 is 0 Å². The van der Waals surface area contributed by atoms with Gasteiger partial charge in [-0.2, -0.15) is 0 Å². The monoisotopic (exact) mass is 330 g/mol. The number of ether oxygens (including phenoxy) is 1. The molecule has 6 heteroatoms. The van der Waals surface area contributed by atoms with E-state index in [0.717, 1.165) is 58.9 Å². The second kappa shape index (κ2) is 7.05. The molecular weight excluding hydrogens is 308 g/mol. The van der Waals surface area contributed by atoms with Gasteiger partial charge in [-0.15, -0.1) is 11.3 Å². The predicted molar refractivity (Wildman–Crippen MR) is 90.3 cm³/mol. The first-order valence-electron chi connectivity index (χ1n) is 8.24. The van der Waals surface area contributed by atoms with E-state index in [1.54, 1.807) is 11.3 Å². The van der Waals surface area contributed by atoms with Gasteiger partial charge in [-0.3, -0.25) is 14.8 Å². The largest absolute Gasteiger partial charge is 0.379 e. The highest BCUT2D eigenvalue weighted by molar-refractivity contribution is 7.09. The van der Waals surface area contributed by atoms with E-state index in [2.05, 4.69) is 31.3 Å². The quantitative estimate of drug-likeness (QED) is 0.857. The Balaban J connectivity index is 1.46. The van der Waals surface area contributed by atoms with Crippen LogP contribution in [0.5, 0.6) is 0 Å². The van der Waals surface area contributed by atoms with Gasteiger partial charge >= 0.3 is 0 Å². The molecular formula is C17H22N4OS. The summed E-state index contributed by atoms with van der Waals surface area (Å²) in [6.07, 6.45) is 7.11. The molecule has 2 aromatic heterocycles. The van der Waals surface area contributed by atoms with Crippen molar-refractivity contribution in [2.75, 3.05) is 32.8 Å². The zero-order valence-electron chi connectivity index (χ0n) is 13.3. The Labute approximate surface area is 140 Å². The molecule has 2 aliphatic rings. The first kappa shape index (κ1) is 15.2. The molecule has 2 aliphatic heterocycles. The van der Waals surface area contributed by atoms with Crippen molar-refractivity contribution in [3.05, 3.63) is 45.7 Å². The zero-order chi connectivity index (χ0) is 15.5. The number of nitrogens with zero attached hydrogens (tertiary/aromatic N) is 4. The van der Waals surface area contributed by atoms with Crippen molar-refractivity contribution >= 4 is 11.3 Å². The smallest absolute Gasteiger partial charge is 0.107 e. The van der Waals surface area contributed by atoms with Crippen LogP contribution in [0.1, 0.15) is 21.7 Å². The molecule has 5 nitrogen and oxygen atoms in total. The summed E-state index contributed by atoms with van der Waals surface area (Å²) in [4.78, 5) is 13.8. The molecule has 0 saturated carbocycles. The first-order valence-corrected chi connectivity index (χ1v) is 9.12. The van der Waals surface area contributed by atoms with Gasteiger partial charge < -0.3 is 4.74 Å². The van der Waals surface area contributed by atoms with E-state index in [1.165, 1.54) is 21.7 Å². The summed E-state index contributed by atoms with van der Waals surface area (Å²) in [6, 6.07) is 0. The zero-order valence-corrected chi connectivity index (χ0v) is 14.1. The third kappa shape index (κ3) is 3.61. The van der Waals surface area contributed by atoms with Gasteiger partial charge in [0.1, 0.15) is 5.01 Å². The number of rotatable bonds is 4. The molecule has 0 radical (unpaired) electrons. The summed E-state index contributed by atoms with van der Waals surface area (Å²) >= 11 is 1.74. The van der Waals surface area contributed by atoms with E-state index in [9.17, 15) is 0 Å². The fourth-order valence-corrected chi connectivity index (χ4v) is 4.08. The molecule has 2 aromatic rings. The fraction of sp³-hybridized carbons (Fsp3) is 0.529. The minimum absolute atomic E-state index is 0.851. The molecule has 4 heterocycles. The van der Waals surface area contributed by atoms with E-state index in [4.69, 9.17) is 4.74 Å². The maximum absolute atomic E-state index is 5.45. The standard InChI is InChI=1S/C17H22N4OS/c1-3-21(13-17-19-2-8-23-17)12-15-10-18-9-14(16(1)15)11-20-4-6-22-7-5-20/h2,8-10H,1,3-7,11-13H2. The van der Waals surface area contributed by atoms with Gasteiger partial charge in [0.05, 0.1) is 19.8 Å². The van der Waals surface area contributed by atoms with Crippen LogP contribution in [0.15, 0.2) is 24.0 Å². The number of pyridine rings is 1. The Morgan fingerprint density at radius 2 is 2.00 bits per heavy atom. The molecule has 0 unspecified atom stereocenters. The van der Waals surface area contributed by atoms with Crippen LogP contribution in [-0.4, -0.2) is 52.6 Å². The lowest BCUT2D eigenvalue weighted by Crippen LogP contribution is -2.37. The van der Waals surface area contributed by atoms with Gasteiger partial charge in [0.25, 0.3) is 0 Å². The number of thiazole rings is 1. The van der Waals surface area contributed by atoms with Crippen LogP contribution in [0.2, 0.25) is 0 Å². The summed E-state index contributed by atoms with van der Waals surface area (Å²) in [7, 11) is 0. The van der Waals surface area contributed by atoms with Gasteiger partial charge in [0.2, 0.25) is 0 Å². The molecule has 0 spiro atoms. The second-order valence-electron chi connectivity index (χ2n) is 6.21. The lowest BCUT2D eigenvalue weighted by atomic mass is 9.96. The summed E-state index contributed by atoms with van der Waals surface area (Å²) in [5, 5.41) is 3.25. The van der Waals surface area contributed by atoms with Gasteiger partial charge in [-0.25, -0.2) is 4.98 Å². The third-order valence-corrected chi connectivity index (χ3v) is 5.41. The van der Waals surface area contributed by atoms with E-state index in [0.29, 0.717) is 0 Å². The average Bonchev–Trinajstić information content (AvgIpc) is 3.09. The molecule has 0 aromatic carbocycles. The van der Waals surface area contributed by atoms with Crippen LogP contribution in [0.25, 0.3) is 0 Å². The molecule has 0 bridgehead atoms. The number of fused-ring (bicyclic) bond motifs is 1. The molecule has 4 rings (SSSR count). The van der Waals surface area contributed by atoms with E-state index < -0.39 is 0 Å². The van der Waals surface area contributed by atoms with Crippen LogP contribution < -0.4 is 0 Å². The fourth-order valence-electron chi connectivity index (χ4n) is 3.42. The minimum atomic E-state index is 0.851. The van der Waals surface area contributed by atoms with Crippen LogP contribution in [0.3, 0.4) is 0 Å². The maximum atomic E-state index is 5.45. The second-order valence-corrected chi connectivity index (χ2v) is 7.19. The number of hydrogen-bond donors (Lipinski definition) is 0. The summed E-state index contributed by atoms with van der Waals surface area (Å²) in [5.41, 5.74) is 4.30. The highest BCUT2D eigenvalue weighted by atomic mass is 32.1. The van der Waals surface area contributed by atoms with Crippen molar-refractivity contribution in [1.82, 2.24) is 19.8 Å². The van der Waals surface area contributed by atoms with Crippen LogP contribution >= 0.6 is 11.3 Å². The van der Waals surface area contributed by atoms with Crippen molar-refractivity contribution < 1.29 is 4.74 Å². The Hall–Kier alpha value is -1.34. The lowest BCUT2D eigenvalue weighted by Gasteiger charge is -2.31. The number of morpholine rings is 1. The molecule has 1 fully saturated rings. The molecule has 23 heavy (non-hydrogen) atoms. The van der Waals surface area contributed by atoms with Crippen LogP contribution in [0, 0.1) is 0 Å². The van der Waals surface area contributed by atoms with E-state index in [1.807, 2.05) is 12.4 Å². The molecule has 1 saturated heterocycles. The van der Waals surface area contributed by atoms with Crippen molar-refractivity contribution in [3.8, 4) is 0 Å². The molecule has 0 N–H and O–H groups in total. The van der Waals surface area contributed by atoms with Crippen molar-refractivity contribution in [2.45, 2.75) is 26.1 Å². The van der Waals surface area contributed by atoms with Crippen molar-refractivity contribution in [2.24, 2.45) is 0 Å². The predicted octanol–water partition coefficient (Wildman–Crippen LogP) is 1.93. The highest BCUT2D eigenvalue weighted by Gasteiger charge is 2.21. The van der Waals surface area contributed by atoms with E-state index in [-0.39, 0.29) is 0 Å². The molecule has 122 valence electrons. The van der Waals surface area contributed by atoms with Crippen molar-refractivity contribution in [1.29, 1.82) is 0 Å². The lowest BCUT2D eigenvalue weighted by molar-refractivity contribution is 0.0339. The van der Waals surface area contributed by atoms with Gasteiger partial charge in [0, 0.05) is 56.7 Å². The van der Waals surface area contributed by atoms with Gasteiger partial charge in [-0.1, -0.05) is 0 Å². The summed E-state index contributed by atoms with van der Waals surface area (Å²) < 4.78 is 5.45. The number of hydrogen-bond acceptors (Lipinski definition) is 6. The van der Waals surface area contributed by atoms with Gasteiger partial charge in [-0.05, 0) is 23.1 Å². The maximum Gasteiger partial charge on any atom is 0.107 e. The summed E-state index contributed by atoms with van der Waals surface area (Å²) in [5.74, 6) is 0. The topological polar surface area (TPSA) is 41.5 Å². The Kier molecular flexibility index (Phi) is 4.66. The summed E-state index contributed by atoms with van der Waals surface area (Å²) in [6.45, 7) is 7.80. The van der Waals surface area contributed by atoms with Crippen LogP contribution in [0.4, 0.5) is 0 Å². The molecule has 0 amide bonds. The Bertz CT molecular complexity index is 640. The Morgan fingerprint density at radius 1 is 1.09 bits per heavy atom. The van der Waals surface area contributed by atoms with Crippen LogP contribution in [-0.2, 0) is 30.8 Å². The molecule has 0 aliphatic carbocycles. The number of aromatic nitrogens is 2. The third-order valence-electron chi connectivity index (χ3n) is 4.65. The first-order chi connectivity index (χ1) is 11.4. The molecule has 0 atom stereocenters. The highest BCUT2D eigenvalue weighted by Crippen LogP contribution is 2.24. The van der Waals surface area contributed by atoms with Crippen molar-refractivity contribution in [3.63, 3.8) is 0 Å².